The minimum atomic E-state index is -5.08. The van der Waals surface area contributed by atoms with Gasteiger partial charge in [0.1, 0.15) is 11.5 Å². The fourth-order valence-electron chi connectivity index (χ4n) is 5.72. The molecule has 2 amide bonds. The fraction of sp³-hybridized carbons (Fsp3) is 0.324. The van der Waals surface area contributed by atoms with Crippen LogP contribution in [-0.2, 0) is 20.8 Å². The van der Waals surface area contributed by atoms with Crippen LogP contribution in [0.4, 0.5) is 18.9 Å². The normalized spacial score (nSPS) is 18.0. The quantitative estimate of drug-likeness (QED) is 0.146. The summed E-state index contributed by atoms with van der Waals surface area (Å²) in [5.41, 5.74) is 3.46. The molecule has 47 heavy (non-hydrogen) atoms. The van der Waals surface area contributed by atoms with Gasteiger partial charge >= 0.3 is 12.1 Å². The van der Waals surface area contributed by atoms with Gasteiger partial charge in [-0.3, -0.25) is 14.5 Å². The third-order valence-electron chi connectivity index (χ3n) is 7.99. The van der Waals surface area contributed by atoms with Crippen LogP contribution in [0, 0.1) is 5.92 Å². The molecule has 13 heteroatoms. The number of halogens is 4. The van der Waals surface area contributed by atoms with Crippen molar-refractivity contribution in [2.75, 3.05) is 25.5 Å². The minimum absolute atomic E-state index is 0.00910. The average Bonchev–Trinajstić information content (AvgIpc) is 3.47. The zero-order valence-electron chi connectivity index (χ0n) is 25.9. The summed E-state index contributed by atoms with van der Waals surface area (Å²) in [5, 5.41) is 21.9. The highest BCUT2D eigenvalue weighted by atomic mass is 35.5. The molecule has 9 nitrogen and oxygen atoms in total. The van der Waals surface area contributed by atoms with Crippen molar-refractivity contribution in [1.82, 2.24) is 15.2 Å². The van der Waals surface area contributed by atoms with Gasteiger partial charge in [0.2, 0.25) is 0 Å². The number of aromatic nitrogens is 1. The number of aliphatic carboxylic acids is 1. The smallest absolute Gasteiger partial charge is 0.475 e. The molecule has 5 atom stereocenters. The van der Waals surface area contributed by atoms with E-state index < -0.39 is 41.6 Å². The number of carbonyl (C=O) groups excluding carboxylic acids is 2. The Labute approximate surface area is 274 Å². The maximum Gasteiger partial charge on any atom is 0.490 e. The number of anilines is 1. The van der Waals surface area contributed by atoms with Crippen molar-refractivity contribution in [3.8, 4) is 0 Å². The fourth-order valence-corrected chi connectivity index (χ4v) is 6.09. The molecule has 5 rings (SSSR count). The number of nitrogens with zero attached hydrogens (tertiary/aromatic N) is 2. The molecule has 250 valence electrons. The van der Waals surface area contributed by atoms with Gasteiger partial charge in [0.25, 0.3) is 11.8 Å². The van der Waals surface area contributed by atoms with E-state index in [9.17, 15) is 27.9 Å². The Morgan fingerprint density at radius 3 is 2.26 bits per heavy atom. The number of benzene rings is 3. The number of aliphatic hydroxyl groups is 1. The molecule has 0 aliphatic carbocycles. The van der Waals surface area contributed by atoms with Gasteiger partial charge in [-0.25, -0.2) is 4.79 Å². The molecule has 3 unspecified atom stereocenters. The van der Waals surface area contributed by atoms with E-state index in [1.807, 2.05) is 81.8 Å². The van der Waals surface area contributed by atoms with Crippen LogP contribution in [0.3, 0.4) is 0 Å². The van der Waals surface area contributed by atoms with E-state index in [-0.39, 0.29) is 11.8 Å². The van der Waals surface area contributed by atoms with E-state index in [1.54, 1.807) is 29.2 Å². The second-order valence-electron chi connectivity index (χ2n) is 11.6. The van der Waals surface area contributed by atoms with Crippen molar-refractivity contribution in [2.45, 2.75) is 43.1 Å². The number of nitrogens with one attached hydrogen (secondary N) is 2. The standard InChI is InChI=1S/C32H35ClN4O3.C2HF3O2/c1-20(25-18-34-26-15-9-8-14-24(25)26)28(35-31(39)29(38)21-11-5-4-6-12-21)32(40)37-27-16-10-7-13-22(27)17-23(30(37)33)19-36(2)3;3-2(4,5)1(6)7/h4-16,18,20,23,28-30,34,38H,17,19H2,1-3H3,(H,35,39);(H,6,7)/t20?,23-,28?,29+,30?;/m1./s1. The zero-order chi connectivity index (χ0) is 34.5. The molecule has 1 aliphatic rings. The lowest BCUT2D eigenvalue weighted by molar-refractivity contribution is -0.192. The first-order valence-corrected chi connectivity index (χ1v) is 15.2. The summed E-state index contributed by atoms with van der Waals surface area (Å²) in [6.45, 7) is 2.62. The molecule has 2 heterocycles. The number of carboxylic acids is 1. The van der Waals surface area contributed by atoms with E-state index in [0.717, 1.165) is 34.1 Å². The molecular formula is C34H36ClF3N4O5. The van der Waals surface area contributed by atoms with Gasteiger partial charge in [-0.2, -0.15) is 13.2 Å². The molecule has 1 aromatic heterocycles. The monoisotopic (exact) mass is 672 g/mol. The third kappa shape index (κ3) is 8.31. The molecule has 0 spiro atoms. The van der Waals surface area contributed by atoms with E-state index in [4.69, 9.17) is 21.5 Å². The first kappa shape index (κ1) is 35.5. The maximum atomic E-state index is 14.6. The van der Waals surface area contributed by atoms with Crippen molar-refractivity contribution in [3.63, 3.8) is 0 Å². The first-order valence-electron chi connectivity index (χ1n) is 14.8. The van der Waals surface area contributed by atoms with Crippen LogP contribution in [0.25, 0.3) is 10.9 Å². The largest absolute Gasteiger partial charge is 0.490 e. The lowest BCUT2D eigenvalue weighted by atomic mass is 9.88. The van der Waals surface area contributed by atoms with Crippen LogP contribution in [0.1, 0.15) is 35.6 Å². The number of carboxylic acid groups (broad SMARTS) is 1. The molecule has 4 N–H and O–H groups in total. The summed E-state index contributed by atoms with van der Waals surface area (Å²) in [6, 6.07) is 23.4. The molecule has 0 bridgehead atoms. The number of rotatable bonds is 8. The maximum absolute atomic E-state index is 14.6. The lowest BCUT2D eigenvalue weighted by Gasteiger charge is -2.42. The zero-order valence-corrected chi connectivity index (χ0v) is 26.7. The van der Waals surface area contributed by atoms with Crippen molar-refractivity contribution in [3.05, 3.63) is 102 Å². The number of aromatic amines is 1. The van der Waals surface area contributed by atoms with Gasteiger partial charge in [0.15, 0.2) is 6.10 Å². The molecule has 4 aromatic rings. The first-order chi connectivity index (χ1) is 22.2. The molecule has 0 saturated carbocycles. The van der Waals surface area contributed by atoms with Gasteiger partial charge in [-0.05, 0) is 49.3 Å². The number of alkyl halides is 4. The highest BCUT2D eigenvalue weighted by Crippen LogP contribution is 2.38. The highest BCUT2D eigenvalue weighted by molar-refractivity contribution is 6.25. The van der Waals surface area contributed by atoms with Crippen molar-refractivity contribution >= 4 is 46.0 Å². The van der Waals surface area contributed by atoms with Crippen LogP contribution < -0.4 is 10.2 Å². The van der Waals surface area contributed by atoms with E-state index in [2.05, 4.69) is 15.2 Å². The third-order valence-corrected chi connectivity index (χ3v) is 8.54. The van der Waals surface area contributed by atoms with Gasteiger partial charge in [0, 0.05) is 41.2 Å². The van der Waals surface area contributed by atoms with Gasteiger partial charge < -0.3 is 25.4 Å². The molecule has 0 radical (unpaired) electrons. The Morgan fingerprint density at radius 2 is 1.62 bits per heavy atom. The van der Waals surface area contributed by atoms with Crippen molar-refractivity contribution < 1.29 is 37.8 Å². The SMILES string of the molecule is CC(c1c[nH]c2ccccc12)C(NC(=O)[C@@H](O)c1ccccc1)C(=O)N1c2ccccc2C[C@H](CN(C)C)C1Cl.O=C(O)C(F)(F)F. The van der Waals surface area contributed by atoms with Crippen molar-refractivity contribution in [2.24, 2.45) is 5.92 Å². The number of H-pyrrole nitrogens is 1. The number of carbonyl (C=O) groups is 3. The van der Waals surface area contributed by atoms with E-state index >= 15 is 0 Å². The van der Waals surface area contributed by atoms with Gasteiger partial charge in [-0.1, -0.05) is 85.3 Å². The lowest BCUT2D eigenvalue weighted by Crippen LogP contribution is -2.57. The second-order valence-corrected chi connectivity index (χ2v) is 12.1. The molecular weight excluding hydrogens is 637 g/mol. The predicted octanol–water partition coefficient (Wildman–Crippen LogP) is 5.46. The Bertz CT molecular complexity index is 1700. The number of para-hydroxylation sites is 2. The van der Waals surface area contributed by atoms with Crippen molar-refractivity contribution in [1.29, 1.82) is 0 Å². The molecule has 0 fully saturated rings. The van der Waals surface area contributed by atoms with E-state index in [1.165, 1.54) is 0 Å². The van der Waals surface area contributed by atoms with Gasteiger partial charge in [0.05, 0.1) is 0 Å². The van der Waals surface area contributed by atoms with Gasteiger partial charge in [-0.15, -0.1) is 0 Å². The number of amides is 2. The summed E-state index contributed by atoms with van der Waals surface area (Å²) in [4.78, 5) is 43.9. The summed E-state index contributed by atoms with van der Waals surface area (Å²) in [6.07, 6.45) is -3.88. The van der Waals surface area contributed by atoms with Crippen LogP contribution in [0.15, 0.2) is 85.1 Å². The second kappa shape index (κ2) is 15.0. The van der Waals surface area contributed by atoms with Crippen LogP contribution in [0.2, 0.25) is 0 Å². The highest BCUT2D eigenvalue weighted by Gasteiger charge is 2.42. The summed E-state index contributed by atoms with van der Waals surface area (Å²) in [7, 11) is 3.98. The minimum Gasteiger partial charge on any atom is -0.475 e. The van der Waals surface area contributed by atoms with E-state index in [0.29, 0.717) is 12.1 Å². The average molecular weight is 673 g/mol. The number of fused-ring (bicyclic) bond motifs is 2. The van der Waals surface area contributed by atoms with Crippen LogP contribution in [-0.4, -0.2) is 76.2 Å². The molecule has 1 aliphatic heterocycles. The summed E-state index contributed by atoms with van der Waals surface area (Å²) < 4.78 is 31.7. The summed E-state index contributed by atoms with van der Waals surface area (Å²) in [5.74, 6) is -4.15. The molecule has 3 aromatic carbocycles. The Kier molecular flexibility index (Phi) is 11.3. The Hall–Kier alpha value is -4.39. The van der Waals surface area contributed by atoms with Crippen LogP contribution >= 0.6 is 11.6 Å². The number of hydrogen-bond donors (Lipinski definition) is 4. The summed E-state index contributed by atoms with van der Waals surface area (Å²) >= 11 is 7.09. The van der Waals surface area contributed by atoms with Crippen LogP contribution in [0.5, 0.6) is 0 Å². The number of aliphatic hydroxyl groups excluding tert-OH is 1. The predicted molar refractivity (Wildman–Crippen MR) is 173 cm³/mol. The Balaban J connectivity index is 0.000000644. The molecule has 0 saturated heterocycles. The Morgan fingerprint density at radius 1 is 1.02 bits per heavy atom. The topological polar surface area (TPSA) is 126 Å². The number of hydrogen-bond acceptors (Lipinski definition) is 5.